The number of hydrogen-bond acceptors (Lipinski definition) is 5. The van der Waals surface area contributed by atoms with Gasteiger partial charge in [0.25, 0.3) is 5.91 Å². The number of amides is 2. The van der Waals surface area contributed by atoms with Gasteiger partial charge in [-0.15, -0.1) is 0 Å². The fourth-order valence-corrected chi connectivity index (χ4v) is 3.50. The minimum absolute atomic E-state index is 0.00880. The van der Waals surface area contributed by atoms with E-state index in [-0.39, 0.29) is 38.8 Å². The van der Waals surface area contributed by atoms with Gasteiger partial charge in [0.15, 0.2) is 0 Å². The summed E-state index contributed by atoms with van der Waals surface area (Å²) in [5.41, 5.74) is -3.84. The van der Waals surface area contributed by atoms with E-state index in [0.29, 0.717) is 13.1 Å². The molecule has 7 nitrogen and oxygen atoms in total. The average Bonchev–Trinajstić information content (AvgIpc) is 2.70. The second-order valence-electron chi connectivity index (χ2n) is 8.17. The van der Waals surface area contributed by atoms with E-state index in [2.05, 4.69) is 0 Å². The molecule has 24 heavy (non-hydrogen) atoms. The Morgan fingerprint density at radius 2 is 1.88 bits per heavy atom. The topological polar surface area (TPSA) is 79.3 Å². The predicted octanol–water partition coefficient (Wildman–Crippen LogP) is 0.413. The van der Waals surface area contributed by atoms with Crippen molar-refractivity contribution in [3.05, 3.63) is 0 Å². The van der Waals surface area contributed by atoms with E-state index in [1.165, 1.54) is 9.80 Å². The van der Waals surface area contributed by atoms with Gasteiger partial charge in [-0.2, -0.15) is 0 Å². The summed E-state index contributed by atoms with van der Waals surface area (Å²) in [6, 6.07) is 0. The van der Waals surface area contributed by atoms with Gasteiger partial charge in [0.05, 0.1) is 25.2 Å². The minimum atomic E-state index is -2.16. The van der Waals surface area contributed by atoms with E-state index >= 15 is 4.39 Å². The molecule has 1 atom stereocenters. The molecule has 3 saturated heterocycles. The molecule has 1 N–H and O–H groups in total. The smallest absolute Gasteiger partial charge is 0.410 e. The van der Waals surface area contributed by atoms with Crippen LogP contribution in [0.3, 0.4) is 0 Å². The number of aliphatic hydroxyl groups excluding tert-OH is 1. The molecule has 0 aromatic rings. The largest absolute Gasteiger partial charge is 0.444 e. The summed E-state index contributed by atoms with van der Waals surface area (Å²) in [6.45, 7) is 5.95. The standard InChI is InChI=1S/C16H25FN2O5/c1-14(2,3)24-13(22)19-7-15(9-23-10-15)16(17,8-19)12(21)18-4-11(5-18)6-20/h11,20H,4-10H2,1-3H3. The molecule has 1 spiro atoms. The zero-order valence-electron chi connectivity index (χ0n) is 14.4. The zero-order chi connectivity index (χ0) is 17.8. The number of likely N-dealkylation sites (tertiary alicyclic amines) is 2. The molecule has 3 aliphatic heterocycles. The molecule has 0 aromatic heterocycles. The lowest BCUT2D eigenvalue weighted by Gasteiger charge is -2.48. The third-order valence-corrected chi connectivity index (χ3v) is 4.99. The van der Waals surface area contributed by atoms with Crippen molar-refractivity contribution in [1.82, 2.24) is 9.80 Å². The predicted molar refractivity (Wildman–Crippen MR) is 82.1 cm³/mol. The first-order chi connectivity index (χ1) is 11.1. The Hall–Kier alpha value is -1.41. The highest BCUT2D eigenvalue weighted by Crippen LogP contribution is 2.49. The summed E-state index contributed by atoms with van der Waals surface area (Å²) in [6.07, 6.45) is -0.613. The quantitative estimate of drug-likeness (QED) is 0.785. The maximum Gasteiger partial charge on any atom is 0.410 e. The van der Waals surface area contributed by atoms with Gasteiger partial charge in [0.2, 0.25) is 5.67 Å². The first kappa shape index (κ1) is 17.4. The first-order valence-electron chi connectivity index (χ1n) is 8.25. The third-order valence-electron chi connectivity index (χ3n) is 4.99. The van der Waals surface area contributed by atoms with E-state index in [1.807, 2.05) is 0 Å². The van der Waals surface area contributed by atoms with E-state index in [0.717, 1.165) is 0 Å². The Kier molecular flexibility index (Phi) is 4.03. The minimum Gasteiger partial charge on any atom is -0.444 e. The summed E-state index contributed by atoms with van der Waals surface area (Å²) in [5.74, 6) is -0.601. The van der Waals surface area contributed by atoms with Crippen LogP contribution in [-0.4, -0.2) is 84.2 Å². The maximum atomic E-state index is 15.8. The summed E-state index contributed by atoms with van der Waals surface area (Å²) in [4.78, 5) is 27.7. The highest BCUT2D eigenvalue weighted by Gasteiger charge is 2.69. The number of ether oxygens (including phenoxy) is 2. The van der Waals surface area contributed by atoms with Crippen molar-refractivity contribution in [2.75, 3.05) is 46.0 Å². The molecule has 0 aromatic carbocycles. The van der Waals surface area contributed by atoms with Crippen molar-refractivity contribution in [2.24, 2.45) is 11.3 Å². The lowest BCUT2D eigenvalue weighted by Crippen LogP contribution is -2.67. The number of rotatable bonds is 2. The molecule has 136 valence electrons. The molecule has 0 radical (unpaired) electrons. The second kappa shape index (κ2) is 5.56. The summed E-state index contributed by atoms with van der Waals surface area (Å²) in [7, 11) is 0. The highest BCUT2D eigenvalue weighted by atomic mass is 19.1. The number of halogens is 1. The van der Waals surface area contributed by atoms with Gasteiger partial charge in [-0.25, -0.2) is 9.18 Å². The van der Waals surface area contributed by atoms with Gasteiger partial charge in [-0.05, 0) is 20.8 Å². The molecule has 3 fully saturated rings. The lowest BCUT2D eigenvalue weighted by molar-refractivity contribution is -0.192. The van der Waals surface area contributed by atoms with Crippen molar-refractivity contribution in [3.63, 3.8) is 0 Å². The molecule has 2 amide bonds. The van der Waals surface area contributed by atoms with E-state index < -0.39 is 28.7 Å². The Bertz CT molecular complexity index is 539. The molecule has 1 unspecified atom stereocenters. The lowest BCUT2D eigenvalue weighted by atomic mass is 9.72. The molecule has 3 aliphatic rings. The Labute approximate surface area is 140 Å². The van der Waals surface area contributed by atoms with Gasteiger partial charge in [0.1, 0.15) is 5.60 Å². The van der Waals surface area contributed by atoms with Crippen molar-refractivity contribution in [3.8, 4) is 0 Å². The van der Waals surface area contributed by atoms with Crippen molar-refractivity contribution < 1.29 is 28.6 Å². The average molecular weight is 344 g/mol. The fraction of sp³-hybridized carbons (Fsp3) is 0.875. The van der Waals surface area contributed by atoms with Gasteiger partial charge in [-0.3, -0.25) is 4.79 Å². The molecule has 0 aliphatic carbocycles. The SMILES string of the molecule is CC(C)(C)OC(=O)N1CC2(COC2)C(F)(C(=O)N2CC(CO)C2)C1. The number of hydrogen-bond donors (Lipinski definition) is 1. The van der Waals surface area contributed by atoms with Crippen molar-refractivity contribution in [2.45, 2.75) is 32.0 Å². The van der Waals surface area contributed by atoms with Crippen LogP contribution in [0.15, 0.2) is 0 Å². The monoisotopic (exact) mass is 344 g/mol. The van der Waals surface area contributed by atoms with Gasteiger partial charge in [0, 0.05) is 32.2 Å². The Morgan fingerprint density at radius 1 is 1.25 bits per heavy atom. The van der Waals surface area contributed by atoms with Crippen LogP contribution in [-0.2, 0) is 14.3 Å². The van der Waals surface area contributed by atoms with Crippen molar-refractivity contribution in [1.29, 1.82) is 0 Å². The van der Waals surface area contributed by atoms with Gasteiger partial charge >= 0.3 is 6.09 Å². The van der Waals surface area contributed by atoms with E-state index in [1.54, 1.807) is 20.8 Å². The van der Waals surface area contributed by atoms with Crippen LogP contribution in [0.5, 0.6) is 0 Å². The number of carbonyl (C=O) groups is 2. The van der Waals surface area contributed by atoms with Crippen LogP contribution < -0.4 is 0 Å². The van der Waals surface area contributed by atoms with Crippen LogP contribution in [0, 0.1) is 11.3 Å². The number of aliphatic hydroxyl groups is 1. The van der Waals surface area contributed by atoms with Crippen LogP contribution >= 0.6 is 0 Å². The summed E-state index contributed by atoms with van der Waals surface area (Å²) < 4.78 is 26.3. The maximum absolute atomic E-state index is 15.8. The van der Waals surface area contributed by atoms with Crippen LogP contribution in [0.1, 0.15) is 20.8 Å². The first-order valence-corrected chi connectivity index (χ1v) is 8.25. The summed E-state index contributed by atoms with van der Waals surface area (Å²) in [5, 5.41) is 9.08. The Balaban J connectivity index is 1.74. The van der Waals surface area contributed by atoms with E-state index in [4.69, 9.17) is 14.6 Å². The van der Waals surface area contributed by atoms with Crippen LogP contribution in [0.2, 0.25) is 0 Å². The fourth-order valence-electron chi connectivity index (χ4n) is 3.50. The normalized spacial score (nSPS) is 29.4. The molecule has 3 rings (SSSR count). The molecule has 0 saturated carbocycles. The van der Waals surface area contributed by atoms with Crippen molar-refractivity contribution >= 4 is 12.0 Å². The highest BCUT2D eigenvalue weighted by molar-refractivity contribution is 5.89. The van der Waals surface area contributed by atoms with Crippen LogP contribution in [0.25, 0.3) is 0 Å². The molecular formula is C16H25FN2O5. The molecule has 3 heterocycles. The number of alkyl halides is 1. The Morgan fingerprint density at radius 3 is 2.33 bits per heavy atom. The number of carbonyl (C=O) groups excluding carboxylic acids is 2. The third kappa shape index (κ3) is 2.65. The zero-order valence-corrected chi connectivity index (χ0v) is 14.4. The molecule has 0 bridgehead atoms. The second-order valence-corrected chi connectivity index (χ2v) is 8.17. The van der Waals surface area contributed by atoms with Crippen LogP contribution in [0.4, 0.5) is 9.18 Å². The van der Waals surface area contributed by atoms with Gasteiger partial charge in [-0.1, -0.05) is 0 Å². The van der Waals surface area contributed by atoms with Gasteiger partial charge < -0.3 is 24.4 Å². The number of nitrogens with zero attached hydrogens (tertiary/aromatic N) is 2. The molecular weight excluding hydrogens is 319 g/mol. The molecule has 8 heteroatoms. The summed E-state index contributed by atoms with van der Waals surface area (Å²) >= 11 is 0. The van der Waals surface area contributed by atoms with E-state index in [9.17, 15) is 9.59 Å².